The van der Waals surface area contributed by atoms with E-state index in [0.717, 1.165) is 11.8 Å². The topological polar surface area (TPSA) is 55.1 Å². The number of hydrogen-bond donors (Lipinski definition) is 2. The Balaban J connectivity index is 0.00000180. The van der Waals surface area contributed by atoms with E-state index in [4.69, 9.17) is 5.73 Å². The van der Waals surface area contributed by atoms with E-state index in [0.29, 0.717) is 6.04 Å². The van der Waals surface area contributed by atoms with Gasteiger partial charge in [0.1, 0.15) is 0 Å². The first-order chi connectivity index (χ1) is 8.39. The van der Waals surface area contributed by atoms with Gasteiger partial charge in [0.2, 0.25) is 5.91 Å². The largest absolute Gasteiger partial charge is 0.352 e. The average Bonchev–Trinajstić information content (AvgIpc) is 3.07. The lowest BCUT2D eigenvalue weighted by atomic mass is 9.85. The molecule has 0 aliphatic heterocycles. The monoisotopic (exact) mass is 288 g/mol. The van der Waals surface area contributed by atoms with Crippen molar-refractivity contribution in [3.05, 3.63) is 0 Å². The Hall–Kier alpha value is -0.280. The lowest BCUT2D eigenvalue weighted by Gasteiger charge is -2.26. The van der Waals surface area contributed by atoms with Crippen LogP contribution in [0.2, 0.25) is 0 Å². The molecule has 0 saturated heterocycles. The number of nitrogens with one attached hydrogen (secondary N) is 1. The van der Waals surface area contributed by atoms with Crippen LogP contribution >= 0.6 is 12.4 Å². The number of hydrogen-bond acceptors (Lipinski definition) is 2. The van der Waals surface area contributed by atoms with Crippen molar-refractivity contribution in [3.63, 3.8) is 0 Å². The maximum atomic E-state index is 12.0. The fraction of sp³-hybridized carbons (Fsp3) is 0.933. The van der Waals surface area contributed by atoms with E-state index in [9.17, 15) is 4.79 Å². The van der Waals surface area contributed by atoms with E-state index < -0.39 is 6.04 Å². The molecule has 0 aromatic carbocycles. The predicted octanol–water partition coefficient (Wildman–Crippen LogP) is 2.87. The van der Waals surface area contributed by atoms with Crippen LogP contribution in [-0.4, -0.2) is 18.0 Å². The maximum absolute atomic E-state index is 12.0. The van der Waals surface area contributed by atoms with Crippen LogP contribution in [0.3, 0.4) is 0 Å². The van der Waals surface area contributed by atoms with Gasteiger partial charge in [-0.1, -0.05) is 52.9 Å². The molecule has 4 heteroatoms. The highest BCUT2D eigenvalue weighted by Gasteiger charge is 2.44. The van der Waals surface area contributed by atoms with Crippen molar-refractivity contribution in [1.82, 2.24) is 5.32 Å². The molecule has 0 heterocycles. The third kappa shape index (κ3) is 4.35. The summed E-state index contributed by atoms with van der Waals surface area (Å²) >= 11 is 0. The molecule has 3 atom stereocenters. The van der Waals surface area contributed by atoms with Crippen molar-refractivity contribution in [1.29, 1.82) is 0 Å². The van der Waals surface area contributed by atoms with Crippen LogP contribution in [0.25, 0.3) is 0 Å². The van der Waals surface area contributed by atoms with Crippen LogP contribution < -0.4 is 11.1 Å². The standard InChI is InChI=1S/C15H28N2O.ClH/c1-15(2,3)13(16)14(18)17-12-9-11(12)10-7-5-4-6-8-10;/h10-13H,4-9,16H2,1-3H3,(H,17,18);1H/t11?,12?,13-;/m1./s1. The molecule has 3 nitrogen and oxygen atoms in total. The van der Waals surface area contributed by atoms with Crippen molar-refractivity contribution >= 4 is 18.3 Å². The van der Waals surface area contributed by atoms with Gasteiger partial charge in [0.25, 0.3) is 0 Å². The minimum Gasteiger partial charge on any atom is -0.352 e. The lowest BCUT2D eigenvalue weighted by molar-refractivity contribution is -0.124. The predicted molar refractivity (Wildman–Crippen MR) is 81.3 cm³/mol. The van der Waals surface area contributed by atoms with Gasteiger partial charge in [-0.25, -0.2) is 0 Å². The summed E-state index contributed by atoms with van der Waals surface area (Å²) in [7, 11) is 0. The van der Waals surface area contributed by atoms with Gasteiger partial charge in [0, 0.05) is 6.04 Å². The molecule has 2 aliphatic carbocycles. The van der Waals surface area contributed by atoms with E-state index in [1.54, 1.807) is 0 Å². The van der Waals surface area contributed by atoms with Crippen LogP contribution in [0.15, 0.2) is 0 Å². The van der Waals surface area contributed by atoms with E-state index in [-0.39, 0.29) is 23.7 Å². The Morgan fingerprint density at radius 1 is 1.21 bits per heavy atom. The molecule has 2 rings (SSSR count). The van der Waals surface area contributed by atoms with Crippen molar-refractivity contribution in [3.8, 4) is 0 Å². The first-order valence-corrected chi connectivity index (χ1v) is 7.45. The second-order valence-corrected chi connectivity index (χ2v) is 7.26. The fourth-order valence-electron chi connectivity index (χ4n) is 3.13. The maximum Gasteiger partial charge on any atom is 0.237 e. The Morgan fingerprint density at radius 2 is 1.79 bits per heavy atom. The molecule has 112 valence electrons. The van der Waals surface area contributed by atoms with E-state index in [1.807, 2.05) is 20.8 Å². The van der Waals surface area contributed by atoms with E-state index in [1.165, 1.54) is 38.5 Å². The van der Waals surface area contributed by atoms with Gasteiger partial charge in [-0.05, 0) is 23.7 Å². The molecular formula is C15H29ClN2O. The highest BCUT2D eigenvalue weighted by Crippen LogP contribution is 2.44. The third-order valence-electron chi connectivity index (χ3n) is 4.64. The number of halogens is 1. The molecule has 2 saturated carbocycles. The second-order valence-electron chi connectivity index (χ2n) is 7.26. The Labute approximate surface area is 123 Å². The van der Waals surface area contributed by atoms with Gasteiger partial charge in [-0.3, -0.25) is 4.79 Å². The number of amides is 1. The van der Waals surface area contributed by atoms with Crippen molar-refractivity contribution in [2.75, 3.05) is 0 Å². The molecule has 0 radical (unpaired) electrons. The smallest absolute Gasteiger partial charge is 0.237 e. The Kier molecular flexibility index (Phi) is 5.69. The number of rotatable bonds is 3. The quantitative estimate of drug-likeness (QED) is 0.839. The molecule has 0 spiro atoms. The average molecular weight is 289 g/mol. The summed E-state index contributed by atoms with van der Waals surface area (Å²) in [5, 5.41) is 3.14. The lowest BCUT2D eigenvalue weighted by Crippen LogP contribution is -2.49. The molecule has 0 aromatic rings. The van der Waals surface area contributed by atoms with Crippen LogP contribution in [0, 0.1) is 17.3 Å². The van der Waals surface area contributed by atoms with Crippen LogP contribution in [0.4, 0.5) is 0 Å². The van der Waals surface area contributed by atoms with Gasteiger partial charge in [0.05, 0.1) is 6.04 Å². The van der Waals surface area contributed by atoms with Crippen molar-refractivity contribution in [2.45, 2.75) is 71.4 Å². The van der Waals surface area contributed by atoms with Gasteiger partial charge < -0.3 is 11.1 Å². The SMILES string of the molecule is CC(C)(C)[C@H](N)C(=O)NC1CC1C1CCCCC1.Cl. The third-order valence-corrected chi connectivity index (χ3v) is 4.64. The molecule has 2 unspecified atom stereocenters. The zero-order valence-electron chi connectivity index (χ0n) is 12.4. The van der Waals surface area contributed by atoms with E-state index >= 15 is 0 Å². The summed E-state index contributed by atoms with van der Waals surface area (Å²) in [6, 6.07) is 0.0131. The molecule has 2 aliphatic rings. The molecule has 0 aromatic heterocycles. The van der Waals surface area contributed by atoms with E-state index in [2.05, 4.69) is 5.32 Å². The van der Waals surface area contributed by atoms with Crippen LogP contribution in [0.5, 0.6) is 0 Å². The Morgan fingerprint density at radius 3 is 2.32 bits per heavy atom. The van der Waals surface area contributed by atoms with Gasteiger partial charge >= 0.3 is 0 Å². The normalized spacial score (nSPS) is 29.3. The summed E-state index contributed by atoms with van der Waals surface area (Å²) < 4.78 is 0. The minimum atomic E-state index is -0.398. The first kappa shape index (κ1) is 16.8. The Bertz CT molecular complexity index is 308. The van der Waals surface area contributed by atoms with Gasteiger partial charge in [0.15, 0.2) is 0 Å². The summed E-state index contributed by atoms with van der Waals surface area (Å²) in [4.78, 5) is 12.0. The van der Waals surface area contributed by atoms with Crippen LogP contribution in [-0.2, 0) is 4.79 Å². The summed E-state index contributed by atoms with van der Waals surface area (Å²) in [5.41, 5.74) is 5.83. The number of carbonyl (C=O) groups is 1. The number of nitrogens with two attached hydrogens (primary N) is 1. The molecule has 19 heavy (non-hydrogen) atoms. The summed E-state index contributed by atoms with van der Waals surface area (Å²) in [5.74, 6) is 1.63. The number of carbonyl (C=O) groups excluding carboxylic acids is 1. The minimum absolute atomic E-state index is 0. The van der Waals surface area contributed by atoms with Gasteiger partial charge in [-0.2, -0.15) is 0 Å². The molecule has 3 N–H and O–H groups in total. The molecular weight excluding hydrogens is 260 g/mol. The molecule has 1 amide bonds. The van der Waals surface area contributed by atoms with Gasteiger partial charge in [-0.15, -0.1) is 12.4 Å². The summed E-state index contributed by atoms with van der Waals surface area (Å²) in [6.07, 6.45) is 8.06. The second kappa shape index (κ2) is 6.45. The molecule has 0 bridgehead atoms. The van der Waals surface area contributed by atoms with Crippen LogP contribution in [0.1, 0.15) is 59.3 Å². The molecule has 2 fully saturated rings. The zero-order valence-corrected chi connectivity index (χ0v) is 13.3. The highest BCUT2D eigenvalue weighted by molar-refractivity contribution is 5.85. The fourth-order valence-corrected chi connectivity index (χ4v) is 3.13. The van der Waals surface area contributed by atoms with Crippen molar-refractivity contribution in [2.24, 2.45) is 23.0 Å². The zero-order chi connectivity index (χ0) is 13.3. The highest BCUT2D eigenvalue weighted by atomic mass is 35.5. The first-order valence-electron chi connectivity index (χ1n) is 7.45. The summed E-state index contributed by atoms with van der Waals surface area (Å²) in [6.45, 7) is 6.05. The van der Waals surface area contributed by atoms with Crippen molar-refractivity contribution < 1.29 is 4.79 Å².